The maximum absolute atomic E-state index is 12.0. The van der Waals surface area contributed by atoms with Gasteiger partial charge in [0.15, 0.2) is 0 Å². The van der Waals surface area contributed by atoms with Crippen molar-refractivity contribution in [2.45, 2.75) is 245 Å². The van der Waals surface area contributed by atoms with Gasteiger partial charge in [-0.3, -0.25) is 9.59 Å². The van der Waals surface area contributed by atoms with E-state index in [0.29, 0.717) is 0 Å². The third-order valence-corrected chi connectivity index (χ3v) is 10.5. The summed E-state index contributed by atoms with van der Waals surface area (Å²) in [5, 5.41) is 0. The van der Waals surface area contributed by atoms with Gasteiger partial charge in [-0.1, -0.05) is 219 Å². The highest BCUT2D eigenvalue weighted by Crippen LogP contribution is 2.22. The van der Waals surface area contributed by atoms with E-state index in [1.54, 1.807) is 0 Å². The van der Waals surface area contributed by atoms with Crippen molar-refractivity contribution in [3.63, 3.8) is 0 Å². The van der Waals surface area contributed by atoms with Crippen LogP contribution in [0.4, 0.5) is 0 Å². The molecule has 0 radical (unpaired) electrons. The molecule has 0 rings (SSSR count). The van der Waals surface area contributed by atoms with Crippen LogP contribution in [-0.2, 0) is 9.59 Å². The smallest absolute Gasteiger partial charge is 0.220 e. The van der Waals surface area contributed by atoms with Gasteiger partial charge < -0.3 is 11.5 Å². The summed E-state index contributed by atoms with van der Waals surface area (Å²) in [6, 6.07) is 0. The van der Waals surface area contributed by atoms with E-state index in [0.717, 1.165) is 64.2 Å². The monoisotopic (exact) mass is 649 g/mol. The Kier molecular flexibility index (Phi) is 35.9. The highest BCUT2D eigenvalue weighted by Gasteiger charge is 2.16. The summed E-state index contributed by atoms with van der Waals surface area (Å²) in [6.07, 6.45) is 46.1. The Balaban J connectivity index is 3.67. The lowest BCUT2D eigenvalue weighted by Crippen LogP contribution is -2.23. The third kappa shape index (κ3) is 32.9. The molecule has 0 saturated carbocycles. The van der Waals surface area contributed by atoms with E-state index in [9.17, 15) is 9.59 Å². The van der Waals surface area contributed by atoms with Crippen molar-refractivity contribution in [1.29, 1.82) is 0 Å². The number of carbonyl (C=O) groups excluding carboxylic acids is 2. The normalized spacial score (nSPS) is 12.8. The summed E-state index contributed by atoms with van der Waals surface area (Å²) in [4.78, 5) is 24.0. The first-order valence-corrected chi connectivity index (χ1v) is 21.1. The van der Waals surface area contributed by atoms with E-state index < -0.39 is 0 Å². The molecule has 46 heavy (non-hydrogen) atoms. The standard InChI is InChI=1S/C42H84N2O2/c1-3-5-7-9-11-13-15-17-19-21-23-25-27-31-35-39(41(43)45)37-33-29-30-34-38-40(42(44)46)36-32-28-26-24-22-20-18-16-14-12-10-8-6-4-2/h39-40H,3-38H2,1-2H3,(H2,43,45)(H2,44,46). The zero-order valence-corrected chi connectivity index (χ0v) is 31.6. The zero-order chi connectivity index (χ0) is 33.8. The minimum absolute atomic E-state index is 0.0380. The van der Waals surface area contributed by atoms with E-state index in [1.165, 1.54) is 167 Å². The minimum Gasteiger partial charge on any atom is -0.369 e. The topological polar surface area (TPSA) is 86.2 Å². The van der Waals surface area contributed by atoms with Crippen molar-refractivity contribution < 1.29 is 9.59 Å². The summed E-state index contributed by atoms with van der Waals surface area (Å²) in [7, 11) is 0. The van der Waals surface area contributed by atoms with Crippen LogP contribution in [-0.4, -0.2) is 11.8 Å². The second-order valence-electron chi connectivity index (χ2n) is 15.0. The molecule has 0 bridgehead atoms. The maximum Gasteiger partial charge on any atom is 0.220 e. The van der Waals surface area contributed by atoms with Crippen LogP contribution in [0.1, 0.15) is 245 Å². The molecule has 274 valence electrons. The van der Waals surface area contributed by atoms with Crippen LogP contribution < -0.4 is 11.5 Å². The van der Waals surface area contributed by atoms with Crippen molar-refractivity contribution in [2.75, 3.05) is 0 Å². The van der Waals surface area contributed by atoms with Gasteiger partial charge in [0.1, 0.15) is 0 Å². The van der Waals surface area contributed by atoms with Crippen LogP contribution in [0.15, 0.2) is 0 Å². The first-order chi connectivity index (χ1) is 22.5. The Labute approximate surface area is 289 Å². The molecule has 0 aromatic rings. The van der Waals surface area contributed by atoms with E-state index in [2.05, 4.69) is 13.8 Å². The van der Waals surface area contributed by atoms with Gasteiger partial charge in [0.05, 0.1) is 0 Å². The average molecular weight is 649 g/mol. The fraction of sp³-hybridized carbons (Fsp3) is 0.952. The van der Waals surface area contributed by atoms with Crippen LogP contribution in [0, 0.1) is 11.8 Å². The molecule has 4 heteroatoms. The molecule has 0 aliphatic carbocycles. The summed E-state index contributed by atoms with van der Waals surface area (Å²) in [6.45, 7) is 4.56. The predicted molar refractivity (Wildman–Crippen MR) is 203 cm³/mol. The highest BCUT2D eigenvalue weighted by atomic mass is 16.1. The van der Waals surface area contributed by atoms with Crippen LogP contribution in [0.3, 0.4) is 0 Å². The van der Waals surface area contributed by atoms with Crippen LogP contribution in [0.25, 0.3) is 0 Å². The number of nitrogens with two attached hydrogens (primary N) is 2. The van der Waals surface area contributed by atoms with Gasteiger partial charge in [-0.05, 0) is 25.7 Å². The lowest BCUT2D eigenvalue weighted by molar-refractivity contribution is -0.123. The molecule has 0 spiro atoms. The van der Waals surface area contributed by atoms with Crippen molar-refractivity contribution in [3.05, 3.63) is 0 Å². The Morgan fingerprint density at radius 2 is 0.457 bits per heavy atom. The minimum atomic E-state index is -0.114. The van der Waals surface area contributed by atoms with Gasteiger partial charge >= 0.3 is 0 Å². The van der Waals surface area contributed by atoms with Gasteiger partial charge in [0.2, 0.25) is 11.8 Å². The Morgan fingerprint density at radius 1 is 0.304 bits per heavy atom. The molecule has 2 unspecified atom stereocenters. The molecular formula is C42H84N2O2. The van der Waals surface area contributed by atoms with Crippen molar-refractivity contribution in [1.82, 2.24) is 0 Å². The van der Waals surface area contributed by atoms with Crippen LogP contribution in [0.2, 0.25) is 0 Å². The first-order valence-electron chi connectivity index (χ1n) is 21.1. The molecule has 0 aromatic carbocycles. The highest BCUT2D eigenvalue weighted by molar-refractivity contribution is 5.76. The molecule has 0 fully saturated rings. The maximum atomic E-state index is 12.0. The van der Waals surface area contributed by atoms with Gasteiger partial charge in [0.25, 0.3) is 0 Å². The molecule has 0 heterocycles. The van der Waals surface area contributed by atoms with Gasteiger partial charge in [-0.25, -0.2) is 0 Å². The Bertz CT molecular complexity index is 583. The van der Waals surface area contributed by atoms with Crippen molar-refractivity contribution in [3.8, 4) is 0 Å². The van der Waals surface area contributed by atoms with Gasteiger partial charge in [0, 0.05) is 11.8 Å². The number of carbonyl (C=O) groups is 2. The lowest BCUT2D eigenvalue weighted by atomic mass is 9.92. The number of unbranched alkanes of at least 4 members (excludes halogenated alkanes) is 29. The molecule has 4 nitrogen and oxygen atoms in total. The molecular weight excluding hydrogens is 564 g/mol. The largest absolute Gasteiger partial charge is 0.369 e. The number of hydrogen-bond donors (Lipinski definition) is 2. The SMILES string of the molecule is CCCCCCCCCCCCCCCCC(CCCCCCC(CCCCCCCCCCCCCCCC)C(N)=O)C(N)=O. The van der Waals surface area contributed by atoms with Crippen molar-refractivity contribution >= 4 is 11.8 Å². The molecule has 0 aliphatic heterocycles. The fourth-order valence-corrected chi connectivity index (χ4v) is 7.16. The molecule has 2 atom stereocenters. The van der Waals surface area contributed by atoms with E-state index in [4.69, 9.17) is 11.5 Å². The third-order valence-electron chi connectivity index (χ3n) is 10.5. The molecule has 0 aliphatic rings. The molecule has 2 amide bonds. The second kappa shape index (κ2) is 36.8. The number of primary amides is 2. The molecule has 4 N–H and O–H groups in total. The van der Waals surface area contributed by atoms with E-state index >= 15 is 0 Å². The summed E-state index contributed by atoms with van der Waals surface area (Å²) >= 11 is 0. The van der Waals surface area contributed by atoms with E-state index in [1.807, 2.05) is 0 Å². The number of rotatable bonds is 39. The first kappa shape index (κ1) is 44.9. The summed E-state index contributed by atoms with van der Waals surface area (Å²) in [5.41, 5.74) is 11.5. The molecule has 0 aromatic heterocycles. The Hall–Kier alpha value is -1.06. The lowest BCUT2D eigenvalue weighted by Gasteiger charge is -2.14. The van der Waals surface area contributed by atoms with Crippen LogP contribution >= 0.6 is 0 Å². The summed E-state index contributed by atoms with van der Waals surface area (Å²) in [5.74, 6) is -0.152. The second-order valence-corrected chi connectivity index (χ2v) is 15.0. The zero-order valence-electron chi connectivity index (χ0n) is 31.6. The number of amides is 2. The van der Waals surface area contributed by atoms with E-state index in [-0.39, 0.29) is 23.7 Å². The number of hydrogen-bond acceptors (Lipinski definition) is 2. The van der Waals surface area contributed by atoms with Crippen molar-refractivity contribution in [2.24, 2.45) is 23.3 Å². The summed E-state index contributed by atoms with van der Waals surface area (Å²) < 4.78 is 0. The van der Waals surface area contributed by atoms with Gasteiger partial charge in [-0.2, -0.15) is 0 Å². The predicted octanol–water partition coefficient (Wildman–Crippen LogP) is 13.3. The quantitative estimate of drug-likeness (QED) is 0.0650. The van der Waals surface area contributed by atoms with Crippen LogP contribution in [0.5, 0.6) is 0 Å². The molecule has 0 saturated heterocycles. The fourth-order valence-electron chi connectivity index (χ4n) is 7.16. The van der Waals surface area contributed by atoms with Gasteiger partial charge in [-0.15, -0.1) is 0 Å². The Morgan fingerprint density at radius 3 is 0.609 bits per heavy atom. The average Bonchev–Trinajstić information content (AvgIpc) is 3.04.